The monoisotopic (exact) mass is 381 g/mol. The van der Waals surface area contributed by atoms with Gasteiger partial charge in [-0.25, -0.2) is 0 Å². The summed E-state index contributed by atoms with van der Waals surface area (Å²) in [5.74, 6) is 3.15. The zero-order valence-electron chi connectivity index (χ0n) is 15.0. The molecule has 25 heavy (non-hydrogen) atoms. The second kappa shape index (κ2) is 7.58. The molecule has 4 bridgehead atoms. The summed E-state index contributed by atoms with van der Waals surface area (Å²) in [6.45, 7) is 3.14. The van der Waals surface area contributed by atoms with Gasteiger partial charge in [-0.2, -0.15) is 0 Å². The van der Waals surface area contributed by atoms with Crippen LogP contribution < -0.4 is 5.32 Å². The molecule has 4 heteroatoms. The number of ketones is 1. The van der Waals surface area contributed by atoms with Crippen molar-refractivity contribution in [2.24, 2.45) is 23.2 Å². The molecule has 138 valence electrons. The fourth-order valence-electron chi connectivity index (χ4n) is 6.11. The SMILES string of the molecule is CC(NCCC(=O)c1ccc(Cl)cc1)C12CC3CC(CC(C3)C1)C2.Cl. The van der Waals surface area contributed by atoms with Crippen LogP contribution in [-0.2, 0) is 0 Å². The van der Waals surface area contributed by atoms with E-state index in [4.69, 9.17) is 11.6 Å². The van der Waals surface area contributed by atoms with Crippen LogP contribution in [0.5, 0.6) is 0 Å². The fourth-order valence-corrected chi connectivity index (χ4v) is 6.23. The van der Waals surface area contributed by atoms with Crippen LogP contribution in [0.1, 0.15) is 62.2 Å². The van der Waals surface area contributed by atoms with Crippen molar-refractivity contribution >= 4 is 29.8 Å². The Bertz CT molecular complexity index is 578. The Morgan fingerprint density at radius 3 is 2.16 bits per heavy atom. The Morgan fingerprint density at radius 1 is 1.12 bits per heavy atom. The Morgan fingerprint density at radius 2 is 1.64 bits per heavy atom. The number of carbonyl (C=O) groups is 1. The van der Waals surface area contributed by atoms with E-state index >= 15 is 0 Å². The van der Waals surface area contributed by atoms with Crippen LogP contribution in [0.2, 0.25) is 5.02 Å². The summed E-state index contributed by atoms with van der Waals surface area (Å²) in [5, 5.41) is 4.39. The summed E-state index contributed by atoms with van der Waals surface area (Å²) in [4.78, 5) is 12.3. The van der Waals surface area contributed by atoms with Crippen molar-refractivity contribution in [2.45, 2.75) is 57.9 Å². The van der Waals surface area contributed by atoms with Crippen molar-refractivity contribution in [3.8, 4) is 0 Å². The molecule has 0 spiro atoms. The van der Waals surface area contributed by atoms with Gasteiger partial charge in [-0.1, -0.05) is 11.6 Å². The maximum absolute atomic E-state index is 12.3. The molecular weight excluding hydrogens is 353 g/mol. The number of Topliss-reactive ketones (excluding diaryl/α,β-unsaturated/α-hetero) is 1. The molecule has 1 unspecified atom stereocenters. The molecule has 1 aromatic rings. The Hall–Kier alpha value is -0.570. The molecule has 0 heterocycles. The molecule has 5 rings (SSSR count). The van der Waals surface area contributed by atoms with Gasteiger partial charge in [-0.15, -0.1) is 12.4 Å². The van der Waals surface area contributed by atoms with Gasteiger partial charge < -0.3 is 5.32 Å². The van der Waals surface area contributed by atoms with Gasteiger partial charge in [0.1, 0.15) is 0 Å². The molecule has 0 aliphatic heterocycles. The van der Waals surface area contributed by atoms with Gasteiger partial charge in [0.25, 0.3) is 0 Å². The van der Waals surface area contributed by atoms with E-state index in [-0.39, 0.29) is 18.2 Å². The number of nitrogens with one attached hydrogen (secondary N) is 1. The molecule has 1 aromatic carbocycles. The molecule has 4 aliphatic carbocycles. The number of hydrogen-bond donors (Lipinski definition) is 1. The van der Waals surface area contributed by atoms with Crippen molar-refractivity contribution in [2.75, 3.05) is 6.54 Å². The van der Waals surface area contributed by atoms with Crippen LogP contribution in [0.3, 0.4) is 0 Å². The van der Waals surface area contributed by atoms with Crippen molar-refractivity contribution in [3.05, 3.63) is 34.9 Å². The second-order valence-electron chi connectivity index (χ2n) is 8.64. The molecule has 4 aliphatic rings. The van der Waals surface area contributed by atoms with Crippen LogP contribution in [0.25, 0.3) is 0 Å². The maximum Gasteiger partial charge on any atom is 0.164 e. The zero-order valence-corrected chi connectivity index (χ0v) is 16.5. The van der Waals surface area contributed by atoms with E-state index in [2.05, 4.69) is 12.2 Å². The van der Waals surface area contributed by atoms with E-state index in [0.29, 0.717) is 22.9 Å². The van der Waals surface area contributed by atoms with E-state index in [1.807, 2.05) is 12.1 Å². The Balaban J connectivity index is 0.00000182. The second-order valence-corrected chi connectivity index (χ2v) is 9.07. The van der Waals surface area contributed by atoms with Crippen LogP contribution in [0.15, 0.2) is 24.3 Å². The van der Waals surface area contributed by atoms with Gasteiger partial charge >= 0.3 is 0 Å². The first-order valence-corrected chi connectivity index (χ1v) is 9.94. The molecule has 0 radical (unpaired) electrons. The number of hydrogen-bond acceptors (Lipinski definition) is 2. The highest BCUT2D eigenvalue weighted by Crippen LogP contribution is 2.61. The van der Waals surface area contributed by atoms with Crippen molar-refractivity contribution in [1.29, 1.82) is 0 Å². The summed E-state index contributed by atoms with van der Waals surface area (Å²) >= 11 is 5.89. The van der Waals surface area contributed by atoms with E-state index in [9.17, 15) is 4.79 Å². The highest BCUT2D eigenvalue weighted by atomic mass is 35.5. The molecular formula is C21H29Cl2NO. The average molecular weight is 382 g/mol. The molecule has 1 atom stereocenters. The minimum Gasteiger partial charge on any atom is -0.313 e. The number of rotatable bonds is 6. The van der Waals surface area contributed by atoms with Gasteiger partial charge in [0.15, 0.2) is 5.78 Å². The smallest absolute Gasteiger partial charge is 0.164 e. The third kappa shape index (κ3) is 3.91. The maximum atomic E-state index is 12.3. The first-order valence-electron chi connectivity index (χ1n) is 9.56. The lowest BCUT2D eigenvalue weighted by Crippen LogP contribution is -2.55. The van der Waals surface area contributed by atoms with Gasteiger partial charge in [-0.05, 0) is 92.9 Å². The number of benzene rings is 1. The van der Waals surface area contributed by atoms with Gasteiger partial charge in [-0.3, -0.25) is 4.79 Å². The van der Waals surface area contributed by atoms with E-state index in [1.54, 1.807) is 12.1 Å². The average Bonchev–Trinajstić information content (AvgIpc) is 2.54. The molecule has 1 N–H and O–H groups in total. The van der Waals surface area contributed by atoms with Crippen LogP contribution >= 0.6 is 24.0 Å². The topological polar surface area (TPSA) is 29.1 Å². The van der Waals surface area contributed by atoms with Crippen molar-refractivity contribution in [3.63, 3.8) is 0 Å². The highest BCUT2D eigenvalue weighted by Gasteiger charge is 2.52. The molecule has 4 fully saturated rings. The predicted molar refractivity (Wildman–Crippen MR) is 106 cm³/mol. The zero-order chi connectivity index (χ0) is 16.7. The highest BCUT2D eigenvalue weighted by molar-refractivity contribution is 6.30. The fraction of sp³-hybridized carbons (Fsp3) is 0.667. The van der Waals surface area contributed by atoms with Gasteiger partial charge in [0.05, 0.1) is 0 Å². The Kier molecular flexibility index (Phi) is 5.82. The standard InChI is InChI=1S/C21H28ClNO.ClH/c1-14(21-11-15-8-16(12-21)10-17(9-15)13-21)23-7-6-20(24)18-2-4-19(22)5-3-18;/h2-5,14-17,23H,6-13H2,1H3;1H. The summed E-state index contributed by atoms with van der Waals surface area (Å²) in [6.07, 6.45) is 9.27. The molecule has 0 aromatic heterocycles. The summed E-state index contributed by atoms with van der Waals surface area (Å²) in [6, 6.07) is 7.77. The van der Waals surface area contributed by atoms with Crippen LogP contribution in [0.4, 0.5) is 0 Å². The lowest BCUT2D eigenvalue weighted by molar-refractivity contribution is -0.0702. The first kappa shape index (κ1) is 19.2. The molecule has 0 amide bonds. The Labute approximate surface area is 162 Å². The predicted octanol–water partition coefficient (Wildman–Crippen LogP) is 5.53. The number of carbonyl (C=O) groups excluding carboxylic acids is 1. The summed E-state index contributed by atoms with van der Waals surface area (Å²) < 4.78 is 0. The minimum atomic E-state index is 0. The third-order valence-electron chi connectivity index (χ3n) is 6.97. The largest absolute Gasteiger partial charge is 0.313 e. The molecule has 2 nitrogen and oxygen atoms in total. The summed E-state index contributed by atoms with van der Waals surface area (Å²) in [5.41, 5.74) is 1.28. The lowest BCUT2D eigenvalue weighted by atomic mass is 9.48. The van der Waals surface area contributed by atoms with E-state index in [0.717, 1.165) is 29.9 Å². The van der Waals surface area contributed by atoms with Gasteiger partial charge in [0.2, 0.25) is 0 Å². The van der Waals surface area contributed by atoms with E-state index in [1.165, 1.54) is 38.5 Å². The number of halogens is 2. The molecule has 0 saturated heterocycles. The summed E-state index contributed by atoms with van der Waals surface area (Å²) in [7, 11) is 0. The van der Waals surface area contributed by atoms with Crippen LogP contribution in [-0.4, -0.2) is 18.4 Å². The molecule has 4 saturated carbocycles. The van der Waals surface area contributed by atoms with Crippen molar-refractivity contribution < 1.29 is 4.79 Å². The first-order chi connectivity index (χ1) is 11.5. The normalized spacial score (nSPS) is 33.8. The lowest BCUT2D eigenvalue weighted by Gasteiger charge is -2.59. The van der Waals surface area contributed by atoms with Crippen molar-refractivity contribution in [1.82, 2.24) is 5.32 Å². The van der Waals surface area contributed by atoms with E-state index < -0.39 is 0 Å². The van der Waals surface area contributed by atoms with Crippen LogP contribution in [0, 0.1) is 23.2 Å². The minimum absolute atomic E-state index is 0. The third-order valence-corrected chi connectivity index (χ3v) is 7.22. The quantitative estimate of drug-likeness (QED) is 0.656. The van der Waals surface area contributed by atoms with Gasteiger partial charge in [0, 0.05) is 29.6 Å².